The van der Waals surface area contributed by atoms with Gasteiger partial charge in [-0.3, -0.25) is 14.4 Å². The monoisotopic (exact) mass is 384 g/mol. The predicted octanol–water partition coefficient (Wildman–Crippen LogP) is 2.30. The highest BCUT2D eigenvalue weighted by Crippen LogP contribution is 2.25. The number of benzene rings is 1. The Kier molecular flexibility index (Phi) is 6.13. The summed E-state index contributed by atoms with van der Waals surface area (Å²) < 4.78 is 10.3. The Labute approximate surface area is 163 Å². The number of rotatable bonds is 6. The summed E-state index contributed by atoms with van der Waals surface area (Å²) in [6, 6.07) is 10.3. The highest BCUT2D eigenvalue weighted by atomic mass is 16.5. The zero-order valence-electron chi connectivity index (χ0n) is 16.0. The maximum Gasteiger partial charge on any atom is 0.307 e. The van der Waals surface area contributed by atoms with Crippen LogP contribution in [0, 0.1) is 0 Å². The number of esters is 1. The molecule has 2 amide bonds. The van der Waals surface area contributed by atoms with Crippen LogP contribution < -0.4 is 5.32 Å². The number of carbonyl (C=O) groups is 3. The normalized spacial score (nSPS) is 15.8. The molecule has 148 valence electrons. The Morgan fingerprint density at radius 2 is 1.93 bits per heavy atom. The SMILES string of the molecule is CC(C)OC(=O)CCNC(=O)C1Cc2ccccc2CN1C(=O)c1ccco1. The van der Waals surface area contributed by atoms with Crippen LogP contribution in [0.25, 0.3) is 0 Å². The number of nitrogens with zero attached hydrogens (tertiary/aromatic N) is 1. The molecule has 0 saturated carbocycles. The van der Waals surface area contributed by atoms with Crippen molar-refractivity contribution in [2.24, 2.45) is 0 Å². The van der Waals surface area contributed by atoms with Gasteiger partial charge in [0.25, 0.3) is 5.91 Å². The highest BCUT2D eigenvalue weighted by Gasteiger charge is 2.35. The van der Waals surface area contributed by atoms with E-state index in [-0.39, 0.29) is 42.6 Å². The number of hydrogen-bond donors (Lipinski definition) is 1. The summed E-state index contributed by atoms with van der Waals surface area (Å²) in [5.41, 5.74) is 2.04. The number of fused-ring (bicyclic) bond motifs is 1. The van der Waals surface area contributed by atoms with Crippen LogP contribution in [0.5, 0.6) is 0 Å². The van der Waals surface area contributed by atoms with Crippen LogP contribution in [-0.4, -0.2) is 41.4 Å². The van der Waals surface area contributed by atoms with Gasteiger partial charge in [0, 0.05) is 19.5 Å². The molecule has 2 aromatic rings. The van der Waals surface area contributed by atoms with Gasteiger partial charge < -0.3 is 19.4 Å². The van der Waals surface area contributed by atoms with Crippen LogP contribution in [0.1, 0.15) is 41.9 Å². The molecule has 7 nitrogen and oxygen atoms in total. The first-order chi connectivity index (χ1) is 13.5. The Hall–Kier alpha value is -3.09. The zero-order valence-corrected chi connectivity index (χ0v) is 16.0. The molecule has 1 unspecified atom stereocenters. The minimum Gasteiger partial charge on any atom is -0.463 e. The first kappa shape index (κ1) is 19.7. The Bertz CT molecular complexity index is 844. The summed E-state index contributed by atoms with van der Waals surface area (Å²) in [6.45, 7) is 4.02. The van der Waals surface area contributed by atoms with Crippen molar-refractivity contribution in [2.45, 2.75) is 45.4 Å². The molecular weight excluding hydrogens is 360 g/mol. The van der Waals surface area contributed by atoms with Crippen molar-refractivity contribution in [3.8, 4) is 0 Å². The zero-order chi connectivity index (χ0) is 20.1. The molecular formula is C21H24N2O5. The molecule has 0 bridgehead atoms. The third-order valence-corrected chi connectivity index (χ3v) is 4.54. The number of ether oxygens (including phenoxy) is 1. The highest BCUT2D eigenvalue weighted by molar-refractivity contribution is 5.96. The van der Waals surface area contributed by atoms with E-state index in [1.807, 2.05) is 24.3 Å². The van der Waals surface area contributed by atoms with Crippen molar-refractivity contribution < 1.29 is 23.5 Å². The molecule has 7 heteroatoms. The van der Waals surface area contributed by atoms with Gasteiger partial charge in [0.05, 0.1) is 18.8 Å². The van der Waals surface area contributed by atoms with Crippen molar-refractivity contribution in [3.05, 3.63) is 59.5 Å². The second kappa shape index (κ2) is 8.73. The molecule has 1 aromatic carbocycles. The van der Waals surface area contributed by atoms with Crippen molar-refractivity contribution in [3.63, 3.8) is 0 Å². The fourth-order valence-corrected chi connectivity index (χ4v) is 3.24. The second-order valence-electron chi connectivity index (χ2n) is 6.98. The fraction of sp³-hybridized carbons (Fsp3) is 0.381. The van der Waals surface area contributed by atoms with E-state index in [1.165, 1.54) is 11.2 Å². The number of amides is 2. The fourth-order valence-electron chi connectivity index (χ4n) is 3.24. The maximum atomic E-state index is 12.9. The van der Waals surface area contributed by atoms with Gasteiger partial charge in [-0.1, -0.05) is 24.3 Å². The number of furan rings is 1. The van der Waals surface area contributed by atoms with Gasteiger partial charge in [-0.15, -0.1) is 0 Å². The van der Waals surface area contributed by atoms with E-state index in [4.69, 9.17) is 9.15 Å². The van der Waals surface area contributed by atoms with Crippen LogP contribution in [0.4, 0.5) is 0 Å². The maximum absolute atomic E-state index is 12.9. The van der Waals surface area contributed by atoms with Gasteiger partial charge in [-0.2, -0.15) is 0 Å². The molecule has 1 aliphatic heterocycles. The third kappa shape index (κ3) is 4.60. The molecule has 2 heterocycles. The molecule has 1 atom stereocenters. The minimum absolute atomic E-state index is 0.0827. The molecule has 1 aromatic heterocycles. The van der Waals surface area contributed by atoms with Crippen molar-refractivity contribution in [2.75, 3.05) is 6.54 Å². The standard InChI is InChI=1S/C21H24N2O5/c1-14(2)28-19(24)9-10-22-20(25)17-12-15-6-3-4-7-16(15)13-23(17)21(26)18-8-5-11-27-18/h3-8,11,14,17H,9-10,12-13H2,1-2H3,(H,22,25). The third-order valence-electron chi connectivity index (χ3n) is 4.54. The molecule has 0 saturated heterocycles. The molecule has 0 radical (unpaired) electrons. The second-order valence-corrected chi connectivity index (χ2v) is 6.98. The molecule has 1 aliphatic rings. The first-order valence-corrected chi connectivity index (χ1v) is 9.34. The van der Waals surface area contributed by atoms with Crippen LogP contribution >= 0.6 is 0 Å². The van der Waals surface area contributed by atoms with Crippen molar-refractivity contribution in [1.82, 2.24) is 10.2 Å². The van der Waals surface area contributed by atoms with Crippen molar-refractivity contribution in [1.29, 1.82) is 0 Å². The van der Waals surface area contributed by atoms with Gasteiger partial charge in [0.1, 0.15) is 6.04 Å². The Morgan fingerprint density at radius 3 is 2.61 bits per heavy atom. The van der Waals surface area contributed by atoms with E-state index in [1.54, 1.807) is 26.0 Å². The smallest absolute Gasteiger partial charge is 0.307 e. The lowest BCUT2D eigenvalue weighted by atomic mass is 9.93. The summed E-state index contributed by atoms with van der Waals surface area (Å²) >= 11 is 0. The van der Waals surface area contributed by atoms with Crippen LogP contribution in [0.3, 0.4) is 0 Å². The lowest BCUT2D eigenvalue weighted by molar-refractivity contribution is -0.147. The number of carbonyl (C=O) groups excluding carboxylic acids is 3. The van der Waals surface area contributed by atoms with Gasteiger partial charge in [-0.05, 0) is 37.1 Å². The van der Waals surface area contributed by atoms with E-state index in [0.717, 1.165) is 11.1 Å². The minimum atomic E-state index is -0.673. The van der Waals surface area contributed by atoms with E-state index in [9.17, 15) is 14.4 Å². The van der Waals surface area contributed by atoms with Gasteiger partial charge in [-0.25, -0.2) is 0 Å². The molecule has 3 rings (SSSR count). The van der Waals surface area contributed by atoms with E-state index < -0.39 is 6.04 Å². The topological polar surface area (TPSA) is 88.9 Å². The lowest BCUT2D eigenvalue weighted by Gasteiger charge is -2.35. The lowest BCUT2D eigenvalue weighted by Crippen LogP contribution is -2.52. The van der Waals surface area contributed by atoms with E-state index in [0.29, 0.717) is 13.0 Å². The van der Waals surface area contributed by atoms with Gasteiger partial charge >= 0.3 is 5.97 Å². The Balaban J connectivity index is 1.71. The van der Waals surface area contributed by atoms with Gasteiger partial charge in [0.15, 0.2) is 5.76 Å². The summed E-state index contributed by atoms with van der Waals surface area (Å²) in [4.78, 5) is 38.8. The summed E-state index contributed by atoms with van der Waals surface area (Å²) in [5, 5.41) is 2.75. The van der Waals surface area contributed by atoms with E-state index >= 15 is 0 Å². The van der Waals surface area contributed by atoms with Crippen LogP contribution in [-0.2, 0) is 27.3 Å². The number of nitrogens with one attached hydrogen (secondary N) is 1. The molecule has 1 N–H and O–H groups in total. The van der Waals surface area contributed by atoms with Crippen LogP contribution in [0.15, 0.2) is 47.1 Å². The average Bonchev–Trinajstić information content (AvgIpc) is 3.20. The number of hydrogen-bond acceptors (Lipinski definition) is 5. The summed E-state index contributed by atoms with van der Waals surface area (Å²) in [5.74, 6) is -0.809. The molecule has 0 spiro atoms. The predicted molar refractivity (Wildman–Crippen MR) is 101 cm³/mol. The quantitative estimate of drug-likeness (QED) is 0.772. The molecule has 28 heavy (non-hydrogen) atoms. The first-order valence-electron chi connectivity index (χ1n) is 9.34. The largest absolute Gasteiger partial charge is 0.463 e. The van der Waals surface area contributed by atoms with Gasteiger partial charge in [0.2, 0.25) is 5.91 Å². The average molecular weight is 384 g/mol. The Morgan fingerprint density at radius 1 is 1.18 bits per heavy atom. The van der Waals surface area contributed by atoms with Crippen LogP contribution in [0.2, 0.25) is 0 Å². The molecule has 0 aliphatic carbocycles. The summed E-state index contributed by atoms with van der Waals surface area (Å²) in [6.07, 6.45) is 1.73. The summed E-state index contributed by atoms with van der Waals surface area (Å²) in [7, 11) is 0. The van der Waals surface area contributed by atoms with Crippen molar-refractivity contribution >= 4 is 17.8 Å². The van der Waals surface area contributed by atoms with E-state index in [2.05, 4.69) is 5.32 Å². The molecule has 0 fully saturated rings.